The summed E-state index contributed by atoms with van der Waals surface area (Å²) in [4.78, 5) is 29.6. The number of pyridine rings is 1. The summed E-state index contributed by atoms with van der Waals surface area (Å²) in [5.41, 5.74) is 0.350. The SMILES string of the molecule is COc1cc([C@H](C)NC(=O)n2sc3ncccc3c2=O)cc(OC)c1OC. The van der Waals surface area contributed by atoms with Crippen molar-refractivity contribution in [1.82, 2.24) is 14.3 Å². The van der Waals surface area contributed by atoms with E-state index in [0.29, 0.717) is 27.5 Å². The highest BCUT2D eigenvalue weighted by Crippen LogP contribution is 2.39. The minimum atomic E-state index is -0.524. The number of carbonyl (C=O) groups excluding carboxylic acids is 1. The largest absolute Gasteiger partial charge is 0.493 e. The second-order valence-corrected chi connectivity index (χ2v) is 6.61. The number of nitrogens with zero attached hydrogens (tertiary/aromatic N) is 2. The van der Waals surface area contributed by atoms with Crippen molar-refractivity contribution < 1.29 is 19.0 Å². The van der Waals surface area contributed by atoms with Crippen LogP contribution in [0, 0.1) is 0 Å². The van der Waals surface area contributed by atoms with Gasteiger partial charge in [0.2, 0.25) is 5.75 Å². The summed E-state index contributed by atoms with van der Waals surface area (Å²) >= 11 is 1.00. The lowest BCUT2D eigenvalue weighted by atomic mass is 10.1. The van der Waals surface area contributed by atoms with Gasteiger partial charge >= 0.3 is 6.03 Å². The molecule has 0 aliphatic heterocycles. The van der Waals surface area contributed by atoms with Crippen molar-refractivity contribution in [3.05, 3.63) is 46.4 Å². The summed E-state index contributed by atoms with van der Waals surface area (Å²) in [5, 5.41) is 3.22. The molecule has 3 aromatic rings. The van der Waals surface area contributed by atoms with Crippen molar-refractivity contribution in [1.29, 1.82) is 0 Å². The molecule has 0 saturated heterocycles. The van der Waals surface area contributed by atoms with Gasteiger partial charge in [-0.25, -0.2) is 9.78 Å². The van der Waals surface area contributed by atoms with Gasteiger partial charge in [0.05, 0.1) is 32.8 Å². The third-order valence-electron chi connectivity index (χ3n) is 4.08. The molecule has 3 rings (SSSR count). The molecule has 8 nitrogen and oxygen atoms in total. The predicted octanol–water partition coefficient (Wildman–Crippen LogP) is 2.80. The second-order valence-electron chi connectivity index (χ2n) is 5.68. The lowest BCUT2D eigenvalue weighted by Gasteiger charge is -2.18. The maximum absolute atomic E-state index is 12.6. The monoisotopic (exact) mass is 389 g/mol. The molecule has 0 aliphatic carbocycles. The minimum Gasteiger partial charge on any atom is -0.493 e. The molecule has 0 aliphatic rings. The molecule has 142 valence electrons. The molecule has 2 heterocycles. The quantitative estimate of drug-likeness (QED) is 0.721. The highest BCUT2D eigenvalue weighted by molar-refractivity contribution is 7.14. The summed E-state index contributed by atoms with van der Waals surface area (Å²) in [6.45, 7) is 1.80. The fourth-order valence-corrected chi connectivity index (χ4v) is 3.53. The maximum atomic E-state index is 12.6. The molecule has 1 amide bonds. The van der Waals surface area contributed by atoms with Crippen molar-refractivity contribution in [3.8, 4) is 17.2 Å². The molecule has 0 bridgehead atoms. The van der Waals surface area contributed by atoms with Crippen LogP contribution in [0.15, 0.2) is 35.3 Å². The van der Waals surface area contributed by atoms with Crippen molar-refractivity contribution in [2.75, 3.05) is 21.3 Å². The Morgan fingerprint density at radius 3 is 2.41 bits per heavy atom. The Bertz CT molecular complexity index is 1020. The molecule has 27 heavy (non-hydrogen) atoms. The fraction of sp³-hybridized carbons (Fsp3) is 0.278. The van der Waals surface area contributed by atoms with E-state index in [1.807, 2.05) is 0 Å². The maximum Gasteiger partial charge on any atom is 0.338 e. The van der Waals surface area contributed by atoms with Crippen molar-refractivity contribution >= 4 is 27.8 Å². The van der Waals surface area contributed by atoms with Crippen LogP contribution in [0.2, 0.25) is 0 Å². The van der Waals surface area contributed by atoms with E-state index in [-0.39, 0.29) is 0 Å². The number of hydrogen-bond donors (Lipinski definition) is 1. The molecule has 0 unspecified atom stereocenters. The number of aromatic nitrogens is 2. The Morgan fingerprint density at radius 1 is 1.19 bits per heavy atom. The summed E-state index contributed by atoms with van der Waals surface area (Å²) < 4.78 is 17.0. The standard InChI is InChI=1S/C18H19N3O5S/c1-10(11-8-13(24-2)15(26-4)14(9-11)25-3)20-18(23)21-17(22)12-6-5-7-19-16(12)27-21/h5-10H,1-4H3,(H,20,23)/t10-/m0/s1. The van der Waals surface area contributed by atoms with E-state index in [4.69, 9.17) is 14.2 Å². The summed E-state index contributed by atoms with van der Waals surface area (Å²) in [5.74, 6) is 1.43. The van der Waals surface area contributed by atoms with Gasteiger partial charge in [-0.3, -0.25) is 4.79 Å². The van der Waals surface area contributed by atoms with Crippen molar-refractivity contribution in [2.24, 2.45) is 0 Å². The lowest BCUT2D eigenvalue weighted by molar-refractivity contribution is 0.241. The van der Waals surface area contributed by atoms with Crippen LogP contribution < -0.4 is 25.1 Å². The number of rotatable bonds is 5. The van der Waals surface area contributed by atoms with Crippen molar-refractivity contribution in [3.63, 3.8) is 0 Å². The number of benzene rings is 1. The van der Waals surface area contributed by atoms with Crippen LogP contribution in [-0.2, 0) is 0 Å². The Hall–Kier alpha value is -3.07. The molecule has 9 heteroatoms. The minimum absolute atomic E-state index is 0.391. The van der Waals surface area contributed by atoms with Crippen LogP contribution in [0.1, 0.15) is 18.5 Å². The van der Waals surface area contributed by atoms with E-state index in [9.17, 15) is 9.59 Å². The van der Waals surface area contributed by atoms with Gasteiger partial charge < -0.3 is 19.5 Å². The molecule has 2 aromatic heterocycles. The topological polar surface area (TPSA) is 91.7 Å². The molecule has 1 atom stereocenters. The summed E-state index contributed by atoms with van der Waals surface area (Å²) in [6, 6.07) is 5.88. The molecule has 0 spiro atoms. The molecule has 0 fully saturated rings. The predicted molar refractivity (Wildman–Crippen MR) is 102 cm³/mol. The van der Waals surface area contributed by atoms with Gasteiger partial charge in [-0.15, -0.1) is 0 Å². The zero-order valence-electron chi connectivity index (χ0n) is 15.3. The zero-order valence-corrected chi connectivity index (χ0v) is 16.1. The third-order valence-corrected chi connectivity index (χ3v) is 5.09. The molecule has 1 aromatic carbocycles. The van der Waals surface area contributed by atoms with Crippen LogP contribution in [0.25, 0.3) is 10.2 Å². The van der Waals surface area contributed by atoms with Gasteiger partial charge in [0.25, 0.3) is 5.56 Å². The van der Waals surface area contributed by atoms with Gasteiger partial charge in [0.15, 0.2) is 11.5 Å². The summed E-state index contributed by atoms with van der Waals surface area (Å²) in [7, 11) is 4.56. The number of ether oxygens (including phenoxy) is 3. The first-order valence-corrected chi connectivity index (χ1v) is 8.85. The molecular formula is C18H19N3O5S. The number of hydrogen-bond acceptors (Lipinski definition) is 7. The van der Waals surface area contributed by atoms with Crippen LogP contribution in [-0.4, -0.2) is 36.3 Å². The van der Waals surface area contributed by atoms with Crippen LogP contribution >= 0.6 is 11.5 Å². The van der Waals surface area contributed by atoms with E-state index < -0.39 is 17.6 Å². The van der Waals surface area contributed by atoms with Gasteiger partial charge in [-0.05, 0) is 48.3 Å². The van der Waals surface area contributed by atoms with Crippen LogP contribution in [0.5, 0.6) is 17.2 Å². The van der Waals surface area contributed by atoms with Crippen molar-refractivity contribution in [2.45, 2.75) is 13.0 Å². The Balaban J connectivity index is 1.90. The Labute approximate surface area is 159 Å². The molecule has 1 N–H and O–H groups in total. The zero-order chi connectivity index (χ0) is 19.6. The molecule has 0 radical (unpaired) electrons. The van der Waals surface area contributed by atoms with Gasteiger partial charge in [0.1, 0.15) is 4.83 Å². The second kappa shape index (κ2) is 7.67. The Kier molecular flexibility index (Phi) is 5.31. The highest BCUT2D eigenvalue weighted by atomic mass is 32.1. The van der Waals surface area contributed by atoms with E-state index in [2.05, 4.69) is 10.3 Å². The van der Waals surface area contributed by atoms with E-state index >= 15 is 0 Å². The first kappa shape index (κ1) is 18.7. The number of nitrogens with one attached hydrogen (secondary N) is 1. The fourth-order valence-electron chi connectivity index (χ4n) is 2.68. The van der Waals surface area contributed by atoms with E-state index in [0.717, 1.165) is 21.1 Å². The lowest BCUT2D eigenvalue weighted by Crippen LogP contribution is -2.34. The molecular weight excluding hydrogens is 370 g/mol. The number of fused-ring (bicyclic) bond motifs is 1. The van der Waals surface area contributed by atoms with Gasteiger partial charge in [-0.1, -0.05) is 0 Å². The van der Waals surface area contributed by atoms with E-state index in [1.165, 1.54) is 21.3 Å². The van der Waals surface area contributed by atoms with Gasteiger partial charge in [-0.2, -0.15) is 3.96 Å². The average molecular weight is 389 g/mol. The first-order valence-electron chi connectivity index (χ1n) is 8.08. The first-order chi connectivity index (χ1) is 13.0. The van der Waals surface area contributed by atoms with Crippen LogP contribution in [0.3, 0.4) is 0 Å². The number of amides is 1. The van der Waals surface area contributed by atoms with Crippen LogP contribution in [0.4, 0.5) is 4.79 Å². The number of methoxy groups -OCH3 is 3. The average Bonchev–Trinajstić information content (AvgIpc) is 3.03. The number of carbonyl (C=O) groups is 1. The highest BCUT2D eigenvalue weighted by Gasteiger charge is 2.20. The Morgan fingerprint density at radius 2 is 1.85 bits per heavy atom. The normalized spacial score (nSPS) is 11.9. The van der Waals surface area contributed by atoms with Gasteiger partial charge in [0, 0.05) is 6.20 Å². The third kappa shape index (κ3) is 3.45. The smallest absolute Gasteiger partial charge is 0.338 e. The molecule has 0 saturated carbocycles. The van der Waals surface area contributed by atoms with E-state index in [1.54, 1.807) is 37.4 Å². The summed E-state index contributed by atoms with van der Waals surface area (Å²) in [6.07, 6.45) is 1.58.